The molecule has 1 aliphatic rings. The average Bonchev–Trinajstić information content (AvgIpc) is 2.61. The molecular formula is C17H17F3N4O. The predicted octanol–water partition coefficient (Wildman–Crippen LogP) is 2.77. The third-order valence-electron chi connectivity index (χ3n) is 4.08. The Kier molecular flexibility index (Phi) is 4.61. The van der Waals surface area contributed by atoms with E-state index in [4.69, 9.17) is 0 Å². The Bertz CT molecular complexity index is 753. The van der Waals surface area contributed by atoms with Crippen molar-refractivity contribution in [1.82, 2.24) is 14.9 Å². The van der Waals surface area contributed by atoms with Gasteiger partial charge < -0.3 is 9.80 Å². The molecule has 0 aliphatic carbocycles. The van der Waals surface area contributed by atoms with Crippen molar-refractivity contribution in [3.8, 4) is 0 Å². The number of alkyl halides is 3. The number of hydrogen-bond acceptors (Lipinski definition) is 4. The van der Waals surface area contributed by atoms with Crippen LogP contribution in [0.25, 0.3) is 0 Å². The van der Waals surface area contributed by atoms with Gasteiger partial charge in [-0.2, -0.15) is 13.2 Å². The summed E-state index contributed by atoms with van der Waals surface area (Å²) >= 11 is 0. The van der Waals surface area contributed by atoms with Gasteiger partial charge in [0.15, 0.2) is 0 Å². The zero-order chi connectivity index (χ0) is 18.0. The summed E-state index contributed by atoms with van der Waals surface area (Å²) < 4.78 is 39.3. The first-order chi connectivity index (χ1) is 11.9. The molecule has 1 fully saturated rings. The summed E-state index contributed by atoms with van der Waals surface area (Å²) in [6, 6.07) is 4.88. The topological polar surface area (TPSA) is 49.3 Å². The van der Waals surface area contributed by atoms with Gasteiger partial charge in [0.2, 0.25) is 5.95 Å². The number of benzene rings is 1. The molecular weight excluding hydrogens is 333 g/mol. The minimum Gasteiger partial charge on any atom is -0.337 e. The van der Waals surface area contributed by atoms with Crippen LogP contribution in [0.5, 0.6) is 0 Å². The van der Waals surface area contributed by atoms with Gasteiger partial charge in [-0.3, -0.25) is 4.79 Å². The van der Waals surface area contributed by atoms with Gasteiger partial charge in [0.25, 0.3) is 5.91 Å². The van der Waals surface area contributed by atoms with Gasteiger partial charge in [0.1, 0.15) is 0 Å². The molecule has 8 heteroatoms. The summed E-state index contributed by atoms with van der Waals surface area (Å²) in [6.07, 6.45) is -1.14. The molecule has 0 spiro atoms. The van der Waals surface area contributed by atoms with Crippen molar-refractivity contribution in [3.63, 3.8) is 0 Å². The van der Waals surface area contributed by atoms with E-state index in [9.17, 15) is 18.0 Å². The third kappa shape index (κ3) is 3.72. The lowest BCUT2D eigenvalue weighted by molar-refractivity contribution is -0.138. The molecule has 0 bridgehead atoms. The van der Waals surface area contributed by atoms with Gasteiger partial charge in [-0.25, -0.2) is 9.97 Å². The SMILES string of the molecule is Cc1cnc(N2CCN(C(=O)c3ccccc3C(F)(F)F)CC2)nc1. The number of halogens is 3. The van der Waals surface area contributed by atoms with E-state index in [1.165, 1.54) is 23.1 Å². The van der Waals surface area contributed by atoms with Gasteiger partial charge in [0, 0.05) is 38.6 Å². The summed E-state index contributed by atoms with van der Waals surface area (Å²) in [5, 5.41) is 0. The first kappa shape index (κ1) is 17.2. The van der Waals surface area contributed by atoms with Crippen LogP contribution >= 0.6 is 0 Å². The first-order valence-electron chi connectivity index (χ1n) is 7.85. The van der Waals surface area contributed by atoms with E-state index < -0.39 is 17.6 Å². The highest BCUT2D eigenvalue weighted by Gasteiger charge is 2.36. The van der Waals surface area contributed by atoms with Gasteiger partial charge in [-0.1, -0.05) is 12.1 Å². The van der Waals surface area contributed by atoms with Crippen molar-refractivity contribution in [2.75, 3.05) is 31.1 Å². The van der Waals surface area contributed by atoms with Crippen molar-refractivity contribution < 1.29 is 18.0 Å². The Morgan fingerprint density at radius 3 is 2.24 bits per heavy atom. The number of piperazine rings is 1. The molecule has 132 valence electrons. The van der Waals surface area contributed by atoms with Crippen LogP contribution in [0, 0.1) is 6.92 Å². The van der Waals surface area contributed by atoms with Crippen LogP contribution in [0.4, 0.5) is 19.1 Å². The largest absolute Gasteiger partial charge is 0.417 e. The van der Waals surface area contributed by atoms with Crippen LogP contribution in [0.15, 0.2) is 36.7 Å². The molecule has 1 aliphatic heterocycles. The van der Waals surface area contributed by atoms with Crippen molar-refractivity contribution in [1.29, 1.82) is 0 Å². The van der Waals surface area contributed by atoms with E-state index in [1.807, 2.05) is 11.8 Å². The van der Waals surface area contributed by atoms with Gasteiger partial charge in [-0.05, 0) is 24.6 Å². The molecule has 2 heterocycles. The van der Waals surface area contributed by atoms with E-state index in [-0.39, 0.29) is 5.56 Å². The smallest absolute Gasteiger partial charge is 0.337 e. The first-order valence-corrected chi connectivity index (χ1v) is 7.85. The molecule has 3 rings (SSSR count). The Labute approximate surface area is 143 Å². The Hall–Kier alpha value is -2.64. The molecule has 0 saturated carbocycles. The highest BCUT2D eigenvalue weighted by atomic mass is 19.4. The van der Waals surface area contributed by atoms with Crippen LogP contribution in [0.1, 0.15) is 21.5 Å². The van der Waals surface area contributed by atoms with Crippen LogP contribution in [-0.4, -0.2) is 47.0 Å². The summed E-state index contributed by atoms with van der Waals surface area (Å²) in [6.45, 7) is 3.48. The fourth-order valence-electron chi connectivity index (χ4n) is 2.75. The second-order valence-corrected chi connectivity index (χ2v) is 5.88. The molecule has 2 aromatic rings. The lowest BCUT2D eigenvalue weighted by atomic mass is 10.1. The number of amides is 1. The van der Waals surface area contributed by atoms with Crippen LogP contribution < -0.4 is 4.90 Å². The maximum Gasteiger partial charge on any atom is 0.417 e. The summed E-state index contributed by atoms with van der Waals surface area (Å²) in [4.78, 5) is 24.4. The zero-order valence-electron chi connectivity index (χ0n) is 13.6. The standard InChI is InChI=1S/C17H17F3N4O/c1-12-10-21-16(22-11-12)24-8-6-23(7-9-24)15(25)13-4-2-3-5-14(13)17(18,19)20/h2-5,10-11H,6-9H2,1H3. The van der Waals surface area contributed by atoms with Crippen molar-refractivity contribution in [2.24, 2.45) is 0 Å². The fourth-order valence-corrected chi connectivity index (χ4v) is 2.75. The highest BCUT2D eigenvalue weighted by Crippen LogP contribution is 2.32. The highest BCUT2D eigenvalue weighted by molar-refractivity contribution is 5.96. The second-order valence-electron chi connectivity index (χ2n) is 5.88. The van der Waals surface area contributed by atoms with E-state index in [0.29, 0.717) is 32.1 Å². The summed E-state index contributed by atoms with van der Waals surface area (Å²) in [7, 11) is 0. The molecule has 0 atom stereocenters. The monoisotopic (exact) mass is 350 g/mol. The predicted molar refractivity (Wildman–Crippen MR) is 86.3 cm³/mol. The van der Waals surface area contributed by atoms with Gasteiger partial charge >= 0.3 is 6.18 Å². The molecule has 1 aromatic carbocycles. The van der Waals surface area contributed by atoms with E-state index in [0.717, 1.165) is 11.6 Å². The number of aryl methyl sites for hydroxylation is 1. The number of aromatic nitrogens is 2. The summed E-state index contributed by atoms with van der Waals surface area (Å²) in [5.74, 6) is -0.0363. The number of carbonyl (C=O) groups is 1. The zero-order valence-corrected chi connectivity index (χ0v) is 13.6. The van der Waals surface area contributed by atoms with E-state index in [2.05, 4.69) is 9.97 Å². The molecule has 1 saturated heterocycles. The van der Waals surface area contributed by atoms with Crippen LogP contribution in [0.2, 0.25) is 0 Å². The quantitative estimate of drug-likeness (QED) is 0.836. The molecule has 0 unspecified atom stereocenters. The van der Waals surface area contributed by atoms with E-state index in [1.54, 1.807) is 12.4 Å². The molecule has 1 amide bonds. The minimum absolute atomic E-state index is 0.310. The lowest BCUT2D eigenvalue weighted by Gasteiger charge is -2.35. The van der Waals surface area contributed by atoms with Gasteiger partial charge in [0.05, 0.1) is 11.1 Å². The fraction of sp³-hybridized carbons (Fsp3) is 0.353. The lowest BCUT2D eigenvalue weighted by Crippen LogP contribution is -2.49. The maximum atomic E-state index is 13.1. The van der Waals surface area contributed by atoms with Crippen molar-refractivity contribution in [3.05, 3.63) is 53.3 Å². The normalized spacial score (nSPS) is 15.4. The maximum absolute atomic E-state index is 13.1. The Morgan fingerprint density at radius 1 is 1.04 bits per heavy atom. The second kappa shape index (κ2) is 6.70. The van der Waals surface area contributed by atoms with Gasteiger partial charge in [-0.15, -0.1) is 0 Å². The molecule has 0 radical (unpaired) electrons. The van der Waals surface area contributed by atoms with Crippen LogP contribution in [-0.2, 0) is 6.18 Å². The molecule has 0 N–H and O–H groups in total. The van der Waals surface area contributed by atoms with E-state index >= 15 is 0 Å². The molecule has 5 nitrogen and oxygen atoms in total. The number of anilines is 1. The average molecular weight is 350 g/mol. The van der Waals surface area contributed by atoms with Crippen molar-refractivity contribution >= 4 is 11.9 Å². The Morgan fingerprint density at radius 2 is 1.64 bits per heavy atom. The molecule has 1 aromatic heterocycles. The van der Waals surface area contributed by atoms with Crippen LogP contribution in [0.3, 0.4) is 0 Å². The number of nitrogens with zero attached hydrogens (tertiary/aromatic N) is 4. The Balaban J connectivity index is 1.71. The number of carbonyl (C=O) groups excluding carboxylic acids is 1. The minimum atomic E-state index is -4.55. The third-order valence-corrected chi connectivity index (χ3v) is 4.08. The summed E-state index contributed by atoms with van der Waals surface area (Å²) in [5.41, 5.74) is -0.263. The number of hydrogen-bond donors (Lipinski definition) is 0. The number of rotatable bonds is 2. The van der Waals surface area contributed by atoms with Crippen molar-refractivity contribution in [2.45, 2.75) is 13.1 Å². The molecule has 25 heavy (non-hydrogen) atoms.